The van der Waals surface area contributed by atoms with Crippen LogP contribution in [0.3, 0.4) is 0 Å². The molecule has 1 rings (SSSR count). The molecule has 0 bridgehead atoms. The van der Waals surface area contributed by atoms with E-state index in [0.29, 0.717) is 13.1 Å². The molecule has 0 unspecified atom stereocenters. The van der Waals surface area contributed by atoms with Crippen LogP contribution in [0.5, 0.6) is 0 Å². The Bertz CT molecular complexity index is 474. The molecule has 8 heteroatoms. The van der Waals surface area contributed by atoms with Gasteiger partial charge in [0.1, 0.15) is 0 Å². The summed E-state index contributed by atoms with van der Waals surface area (Å²) in [6.45, 7) is 1.57. The van der Waals surface area contributed by atoms with Crippen LogP contribution >= 0.6 is 45.2 Å². The summed E-state index contributed by atoms with van der Waals surface area (Å²) in [7, 11) is 0. The van der Waals surface area contributed by atoms with E-state index in [1.54, 1.807) is 4.90 Å². The van der Waals surface area contributed by atoms with Crippen molar-refractivity contribution >= 4 is 57.4 Å². The largest absolute Gasteiger partial charge is 0.454 e. The van der Waals surface area contributed by atoms with E-state index in [1.807, 2.05) is 45.2 Å². The number of rotatable bonds is 2. The number of halogens is 2. The van der Waals surface area contributed by atoms with Gasteiger partial charge in [-0.3, -0.25) is 4.90 Å². The Morgan fingerprint density at radius 1 is 0.955 bits per heavy atom. The van der Waals surface area contributed by atoms with Gasteiger partial charge >= 0.3 is 12.2 Å². The van der Waals surface area contributed by atoms with E-state index in [-0.39, 0.29) is 13.1 Å². The molecule has 22 heavy (non-hydrogen) atoms. The molecule has 1 fully saturated rings. The molecule has 0 atom stereocenters. The molecule has 0 saturated carbocycles. The van der Waals surface area contributed by atoms with E-state index in [0.717, 1.165) is 25.7 Å². The number of carbonyl (C=O) groups excluding carboxylic acids is 2. The zero-order valence-corrected chi connectivity index (χ0v) is 16.3. The molecule has 1 saturated heterocycles. The number of hydrogen-bond donors (Lipinski definition) is 0. The van der Waals surface area contributed by atoms with Crippen molar-refractivity contribution in [1.29, 1.82) is 0 Å². The molecule has 0 radical (unpaired) electrons. The van der Waals surface area contributed by atoms with E-state index >= 15 is 0 Å². The van der Waals surface area contributed by atoms with E-state index < -0.39 is 12.2 Å². The zero-order valence-electron chi connectivity index (χ0n) is 11.9. The second kappa shape index (κ2) is 11.7. The third-order valence-corrected chi connectivity index (χ3v) is 3.74. The number of hydrogen-bond acceptors (Lipinski definition) is 4. The van der Waals surface area contributed by atoms with E-state index in [1.165, 1.54) is 4.90 Å². The van der Waals surface area contributed by atoms with Crippen LogP contribution in [0.4, 0.5) is 9.59 Å². The van der Waals surface area contributed by atoms with Gasteiger partial charge in [0.2, 0.25) is 0 Å². The van der Waals surface area contributed by atoms with Gasteiger partial charge in [-0.25, -0.2) is 19.4 Å². The van der Waals surface area contributed by atoms with E-state index in [9.17, 15) is 9.59 Å². The summed E-state index contributed by atoms with van der Waals surface area (Å²) in [6.07, 6.45) is 2.66. The van der Waals surface area contributed by atoms with Crippen molar-refractivity contribution in [3.8, 4) is 19.7 Å². The summed E-state index contributed by atoms with van der Waals surface area (Å²) in [5.41, 5.74) is 0. The third kappa shape index (κ3) is 7.40. The Hall–Kier alpha value is -0.880. The Labute approximate surface area is 157 Å². The lowest BCUT2D eigenvalue weighted by molar-refractivity contribution is -0.195. The highest BCUT2D eigenvalue weighted by molar-refractivity contribution is 14.1. The summed E-state index contributed by atoms with van der Waals surface area (Å²) in [5.74, 6) is 5.48. The lowest BCUT2D eigenvalue weighted by Crippen LogP contribution is -2.36. The molecule has 0 aromatic rings. The quantitative estimate of drug-likeness (QED) is 0.239. The van der Waals surface area contributed by atoms with Crippen molar-refractivity contribution in [2.24, 2.45) is 0 Å². The minimum absolute atomic E-state index is 0.161. The van der Waals surface area contributed by atoms with Crippen molar-refractivity contribution in [3.63, 3.8) is 0 Å². The molecular formula is C14H16I2N2O4. The first kappa shape index (κ1) is 19.2. The van der Waals surface area contributed by atoms with Gasteiger partial charge in [-0.2, -0.15) is 0 Å². The summed E-state index contributed by atoms with van der Waals surface area (Å²) in [4.78, 5) is 35.8. The average molecular weight is 530 g/mol. The number of carbonyl (C=O) groups is 2. The summed E-state index contributed by atoms with van der Waals surface area (Å²) >= 11 is 3.75. The van der Waals surface area contributed by atoms with Gasteiger partial charge < -0.3 is 4.90 Å². The molecule has 2 amide bonds. The summed E-state index contributed by atoms with van der Waals surface area (Å²) in [5, 5.41) is 0. The van der Waals surface area contributed by atoms with Crippen LogP contribution in [0.2, 0.25) is 0 Å². The molecule has 0 N–H and O–H groups in total. The molecule has 0 aromatic carbocycles. The van der Waals surface area contributed by atoms with Crippen LogP contribution in [0.1, 0.15) is 25.7 Å². The van der Waals surface area contributed by atoms with Crippen molar-refractivity contribution < 1.29 is 19.4 Å². The Kier molecular flexibility index (Phi) is 10.2. The maximum atomic E-state index is 11.9. The fourth-order valence-electron chi connectivity index (χ4n) is 1.87. The third-order valence-electron chi connectivity index (χ3n) is 2.98. The second-order valence-electron chi connectivity index (χ2n) is 4.50. The fourth-order valence-corrected chi connectivity index (χ4v) is 2.21. The van der Waals surface area contributed by atoms with Gasteiger partial charge in [-0.05, 0) is 20.7 Å². The van der Waals surface area contributed by atoms with Crippen LogP contribution in [-0.2, 0) is 9.78 Å². The highest BCUT2D eigenvalue weighted by atomic mass is 127. The van der Waals surface area contributed by atoms with Crippen LogP contribution < -0.4 is 0 Å². The molecule has 1 aliphatic heterocycles. The molecule has 6 nitrogen and oxygen atoms in total. The second-order valence-corrected chi connectivity index (χ2v) is 5.58. The molecule has 1 heterocycles. The summed E-state index contributed by atoms with van der Waals surface area (Å²) < 4.78 is 5.32. The minimum Gasteiger partial charge on any atom is -0.305 e. The maximum Gasteiger partial charge on any atom is 0.454 e. The van der Waals surface area contributed by atoms with Crippen LogP contribution in [0.15, 0.2) is 0 Å². The smallest absolute Gasteiger partial charge is 0.305 e. The van der Waals surface area contributed by atoms with Gasteiger partial charge in [-0.1, -0.05) is 24.7 Å². The van der Waals surface area contributed by atoms with Crippen molar-refractivity contribution in [1.82, 2.24) is 9.80 Å². The van der Waals surface area contributed by atoms with Gasteiger partial charge in [-0.15, -0.1) is 0 Å². The molecule has 0 aromatic heterocycles. The first-order valence-corrected chi connectivity index (χ1v) is 8.94. The number of amides is 2. The highest BCUT2D eigenvalue weighted by Crippen LogP contribution is 2.11. The standard InChI is InChI=1S/C14H16I2N2O4/c15-7-5-11-18(12-6-8-16)14(20)22-21-13(19)17-9-3-1-2-4-10-17/h1-4,9-12H2. The minimum atomic E-state index is -0.776. The van der Waals surface area contributed by atoms with E-state index in [4.69, 9.17) is 0 Å². The SMILES string of the molecule is O=C(OOC(=O)N1CCCCCC1)N(CC#CI)CC#CI. The van der Waals surface area contributed by atoms with Gasteiger partial charge in [0, 0.05) is 58.3 Å². The molecule has 0 spiro atoms. The van der Waals surface area contributed by atoms with Crippen LogP contribution in [0, 0.1) is 19.7 Å². The lowest BCUT2D eigenvalue weighted by atomic mass is 10.2. The van der Waals surface area contributed by atoms with Gasteiger partial charge in [0.05, 0.1) is 13.1 Å². The van der Waals surface area contributed by atoms with Gasteiger partial charge in [0.15, 0.2) is 0 Å². The van der Waals surface area contributed by atoms with Crippen LogP contribution in [0.25, 0.3) is 0 Å². The normalized spacial score (nSPS) is 13.6. The van der Waals surface area contributed by atoms with Gasteiger partial charge in [0.25, 0.3) is 0 Å². The molecular weight excluding hydrogens is 514 g/mol. The molecule has 1 aliphatic rings. The van der Waals surface area contributed by atoms with Crippen molar-refractivity contribution in [3.05, 3.63) is 0 Å². The van der Waals surface area contributed by atoms with E-state index in [2.05, 4.69) is 29.5 Å². The predicted molar refractivity (Wildman–Crippen MR) is 98.2 cm³/mol. The molecule has 120 valence electrons. The Balaban J connectivity index is 2.46. The monoisotopic (exact) mass is 530 g/mol. The lowest BCUT2D eigenvalue weighted by Gasteiger charge is -2.19. The average Bonchev–Trinajstić information content (AvgIpc) is 2.81. The fraction of sp³-hybridized carbons (Fsp3) is 0.571. The topological polar surface area (TPSA) is 59.1 Å². The number of nitrogens with zero attached hydrogens (tertiary/aromatic N) is 2. The first-order valence-electron chi connectivity index (χ1n) is 6.78. The number of likely N-dealkylation sites (tertiary alicyclic amines) is 1. The maximum absolute atomic E-state index is 11.9. The molecule has 0 aliphatic carbocycles. The van der Waals surface area contributed by atoms with Crippen molar-refractivity contribution in [2.45, 2.75) is 25.7 Å². The highest BCUT2D eigenvalue weighted by Gasteiger charge is 2.21. The predicted octanol–water partition coefficient (Wildman–Crippen LogP) is 3.14. The van der Waals surface area contributed by atoms with Crippen molar-refractivity contribution in [2.75, 3.05) is 26.2 Å². The zero-order chi connectivity index (χ0) is 16.2. The first-order chi connectivity index (χ1) is 10.7. The Morgan fingerprint density at radius 3 is 2.00 bits per heavy atom. The summed E-state index contributed by atoms with van der Waals surface area (Å²) in [6, 6.07) is 0. The van der Waals surface area contributed by atoms with Crippen LogP contribution in [-0.4, -0.2) is 48.2 Å². The Morgan fingerprint density at radius 2 is 1.50 bits per heavy atom.